The molecule has 0 saturated heterocycles. The highest BCUT2D eigenvalue weighted by Gasteiger charge is 2.28. The van der Waals surface area contributed by atoms with Crippen molar-refractivity contribution >= 4 is 17.8 Å². The second-order valence-corrected chi connectivity index (χ2v) is 8.08. The van der Waals surface area contributed by atoms with Crippen LogP contribution >= 0.6 is 0 Å². The maximum Gasteiger partial charge on any atom is 0.328 e. The molecule has 8 heteroatoms. The Morgan fingerprint density at radius 1 is 0.774 bits per heavy atom. The third-order valence-electron chi connectivity index (χ3n) is 5.09. The van der Waals surface area contributed by atoms with Gasteiger partial charge in [-0.3, -0.25) is 9.59 Å². The molecule has 0 aromatic carbocycles. The Balaban J connectivity index is 4.68. The molecule has 180 valence electrons. The zero-order valence-electron chi connectivity index (χ0n) is 19.4. The van der Waals surface area contributed by atoms with Crippen molar-refractivity contribution in [2.75, 3.05) is 0 Å². The van der Waals surface area contributed by atoms with Crippen LogP contribution in [0.15, 0.2) is 11.5 Å². The zero-order chi connectivity index (χ0) is 23.6. The largest absolute Gasteiger partial charge is 0.510 e. The molecule has 0 aromatic heterocycles. The number of unbranched alkanes of at least 4 members (excludes halogenated alkanes) is 9. The zero-order valence-corrected chi connectivity index (χ0v) is 19.4. The summed E-state index contributed by atoms with van der Waals surface area (Å²) in [6.45, 7) is 5.35. The highest BCUT2D eigenvalue weighted by atomic mass is 16.4. The standard InChI is InChI=1S/C23H42N2O6/c1-4-6-8-9-10-11-12-13-14-16-19(28)24-21(18(27)15-7-5-2)22(29)25-20(17(3)26)23(30)31/h17,20,26-27H,4-16H2,1-3H3,(H,24,28)(H,25,29)(H,30,31). The first-order valence-electron chi connectivity index (χ1n) is 11.7. The maximum absolute atomic E-state index is 12.5. The van der Waals surface area contributed by atoms with E-state index in [2.05, 4.69) is 17.6 Å². The fourth-order valence-electron chi connectivity index (χ4n) is 3.13. The molecule has 0 aliphatic carbocycles. The van der Waals surface area contributed by atoms with Gasteiger partial charge in [0.05, 0.1) is 6.10 Å². The lowest BCUT2D eigenvalue weighted by Gasteiger charge is -2.19. The smallest absolute Gasteiger partial charge is 0.328 e. The fraction of sp³-hybridized carbons (Fsp3) is 0.783. The van der Waals surface area contributed by atoms with Crippen molar-refractivity contribution in [3.05, 3.63) is 11.5 Å². The van der Waals surface area contributed by atoms with Crippen molar-refractivity contribution in [1.29, 1.82) is 0 Å². The van der Waals surface area contributed by atoms with E-state index in [9.17, 15) is 24.6 Å². The number of nitrogens with one attached hydrogen (secondary N) is 2. The summed E-state index contributed by atoms with van der Waals surface area (Å²) in [5.74, 6) is -3.03. The van der Waals surface area contributed by atoms with E-state index in [4.69, 9.17) is 5.11 Å². The fourth-order valence-corrected chi connectivity index (χ4v) is 3.13. The van der Waals surface area contributed by atoms with Gasteiger partial charge in [0.25, 0.3) is 5.91 Å². The first-order chi connectivity index (χ1) is 14.7. The molecule has 0 rings (SSSR count). The normalized spacial score (nSPS) is 13.8. The predicted octanol–water partition coefficient (Wildman–Crippen LogP) is 3.93. The number of hydrogen-bond acceptors (Lipinski definition) is 5. The molecule has 0 fully saturated rings. The summed E-state index contributed by atoms with van der Waals surface area (Å²) < 4.78 is 0. The van der Waals surface area contributed by atoms with Crippen LogP contribution in [0.5, 0.6) is 0 Å². The van der Waals surface area contributed by atoms with Crippen molar-refractivity contribution in [3.8, 4) is 0 Å². The molecule has 0 heterocycles. The molecule has 2 atom stereocenters. The van der Waals surface area contributed by atoms with Gasteiger partial charge in [-0.05, 0) is 19.8 Å². The average molecular weight is 443 g/mol. The average Bonchev–Trinajstić information content (AvgIpc) is 2.72. The Morgan fingerprint density at radius 2 is 1.29 bits per heavy atom. The van der Waals surface area contributed by atoms with Crippen molar-refractivity contribution in [2.24, 2.45) is 0 Å². The topological polar surface area (TPSA) is 136 Å². The summed E-state index contributed by atoms with van der Waals surface area (Å²) in [4.78, 5) is 36.0. The van der Waals surface area contributed by atoms with Gasteiger partial charge >= 0.3 is 5.97 Å². The highest BCUT2D eigenvalue weighted by Crippen LogP contribution is 2.12. The summed E-state index contributed by atoms with van der Waals surface area (Å²) in [5.41, 5.74) is -0.346. The van der Waals surface area contributed by atoms with E-state index in [0.717, 1.165) is 25.7 Å². The number of carboxylic acids is 1. The molecular formula is C23H42N2O6. The molecule has 0 saturated carbocycles. The minimum absolute atomic E-state index is 0.185. The van der Waals surface area contributed by atoms with Gasteiger partial charge in [0.15, 0.2) is 6.04 Å². The van der Waals surface area contributed by atoms with Gasteiger partial charge in [0.2, 0.25) is 5.91 Å². The van der Waals surface area contributed by atoms with Crippen LogP contribution in [-0.2, 0) is 14.4 Å². The molecule has 0 aromatic rings. The number of rotatable bonds is 18. The van der Waals surface area contributed by atoms with E-state index in [1.165, 1.54) is 39.0 Å². The quantitative estimate of drug-likeness (QED) is 0.124. The maximum atomic E-state index is 12.5. The summed E-state index contributed by atoms with van der Waals surface area (Å²) in [6.07, 6.45) is 10.5. The van der Waals surface area contributed by atoms with Crippen LogP contribution in [0.4, 0.5) is 0 Å². The molecule has 0 aliphatic rings. The number of allylic oxidation sites excluding steroid dienone is 1. The Labute approximate surface area is 186 Å². The Hall–Kier alpha value is -2.09. The number of carboxylic acid groups (broad SMARTS) is 1. The molecule has 0 aliphatic heterocycles. The molecule has 2 unspecified atom stereocenters. The molecule has 0 bridgehead atoms. The second kappa shape index (κ2) is 17.6. The van der Waals surface area contributed by atoms with Gasteiger partial charge < -0.3 is 26.0 Å². The van der Waals surface area contributed by atoms with Crippen LogP contribution in [0.1, 0.15) is 104 Å². The Morgan fingerprint density at radius 3 is 1.77 bits per heavy atom. The molecule has 31 heavy (non-hydrogen) atoms. The summed E-state index contributed by atoms with van der Waals surface area (Å²) in [7, 11) is 0. The second-order valence-electron chi connectivity index (χ2n) is 8.08. The van der Waals surface area contributed by atoms with Crippen LogP contribution in [0.25, 0.3) is 0 Å². The summed E-state index contributed by atoms with van der Waals surface area (Å²) in [5, 5.41) is 33.6. The lowest BCUT2D eigenvalue weighted by Crippen LogP contribution is -2.50. The van der Waals surface area contributed by atoms with Crippen molar-refractivity contribution in [3.63, 3.8) is 0 Å². The minimum atomic E-state index is -1.55. The SMILES string of the molecule is CCCCCCCCCCCC(=O)NC(C(=O)NC(C(=O)O)C(C)O)=C(O)CCCC. The van der Waals surface area contributed by atoms with Gasteiger partial charge in [-0.1, -0.05) is 71.6 Å². The van der Waals surface area contributed by atoms with E-state index in [1.807, 2.05) is 6.92 Å². The third kappa shape index (κ3) is 13.8. The number of carbonyl (C=O) groups excluding carboxylic acids is 2. The van der Waals surface area contributed by atoms with E-state index in [0.29, 0.717) is 12.8 Å². The lowest BCUT2D eigenvalue weighted by atomic mass is 10.1. The Kier molecular flexibility index (Phi) is 16.4. The molecule has 0 spiro atoms. The van der Waals surface area contributed by atoms with Gasteiger partial charge in [-0.15, -0.1) is 0 Å². The van der Waals surface area contributed by atoms with Gasteiger partial charge in [-0.2, -0.15) is 0 Å². The monoisotopic (exact) mass is 442 g/mol. The molecule has 5 N–H and O–H groups in total. The third-order valence-corrected chi connectivity index (χ3v) is 5.09. The summed E-state index contributed by atoms with van der Waals surface area (Å²) >= 11 is 0. The van der Waals surface area contributed by atoms with Crippen LogP contribution in [-0.4, -0.2) is 45.2 Å². The van der Waals surface area contributed by atoms with Crippen molar-refractivity contribution in [2.45, 2.75) is 116 Å². The lowest BCUT2D eigenvalue weighted by molar-refractivity contribution is -0.144. The van der Waals surface area contributed by atoms with Gasteiger partial charge in [0, 0.05) is 12.8 Å². The first-order valence-corrected chi connectivity index (χ1v) is 11.7. The van der Waals surface area contributed by atoms with Crippen molar-refractivity contribution in [1.82, 2.24) is 10.6 Å². The first kappa shape index (κ1) is 28.9. The Bertz CT molecular complexity index is 574. The number of aliphatic carboxylic acids is 1. The van der Waals surface area contributed by atoms with Crippen molar-refractivity contribution < 1.29 is 29.7 Å². The molecular weight excluding hydrogens is 400 g/mol. The predicted molar refractivity (Wildman–Crippen MR) is 120 cm³/mol. The number of amides is 2. The highest BCUT2D eigenvalue weighted by molar-refractivity contribution is 5.99. The van der Waals surface area contributed by atoms with E-state index in [-0.39, 0.29) is 24.3 Å². The number of aliphatic hydroxyl groups is 2. The molecule has 8 nitrogen and oxygen atoms in total. The van der Waals surface area contributed by atoms with Crippen LogP contribution < -0.4 is 10.6 Å². The van der Waals surface area contributed by atoms with Gasteiger partial charge in [-0.25, -0.2) is 4.79 Å². The molecule has 0 radical (unpaired) electrons. The van der Waals surface area contributed by atoms with E-state index >= 15 is 0 Å². The van der Waals surface area contributed by atoms with Gasteiger partial charge in [0.1, 0.15) is 11.5 Å². The number of hydrogen-bond donors (Lipinski definition) is 5. The number of aliphatic hydroxyl groups excluding tert-OH is 2. The minimum Gasteiger partial charge on any atom is -0.510 e. The van der Waals surface area contributed by atoms with Crippen LogP contribution in [0, 0.1) is 0 Å². The number of carbonyl (C=O) groups is 3. The summed E-state index contributed by atoms with van der Waals surface area (Å²) in [6, 6.07) is -1.55. The van der Waals surface area contributed by atoms with E-state index < -0.39 is 29.9 Å². The van der Waals surface area contributed by atoms with Crippen LogP contribution in [0.2, 0.25) is 0 Å². The van der Waals surface area contributed by atoms with Crippen LogP contribution in [0.3, 0.4) is 0 Å². The van der Waals surface area contributed by atoms with E-state index in [1.54, 1.807) is 0 Å². The molecule has 2 amide bonds.